The van der Waals surface area contributed by atoms with E-state index < -0.39 is 98.3 Å². The molecule has 24 heteroatoms. The van der Waals surface area contributed by atoms with Gasteiger partial charge in [0, 0.05) is 48.1 Å². The first-order valence-corrected chi connectivity index (χ1v) is 24.8. The zero-order valence-electron chi connectivity index (χ0n) is 43.2. The standard InChI is InChI=1S/C35H33F3N4O8S.C19H22O7.Na/c1-21(51-27-16-48-31(49-17-27)6-4-3-5-24-8-7-23(14-39)11-29(24)37)35(18-42-20-40-19-41-42,28-10-9-26(36)12-30(28)38)50-33(46)34(32(44)45)13-25(34)15-47-22(2)43;1-4-9-24-17(21)19(10-15(19)12-25-13(2)20)18(22)26-11-14-5-7-16(23-3)8-6-14;/h3-12,19-21,25,27,31H,13,15-18H2,1-2H3,(H,44,45);4-8,15H,1,9-12H2,2-3H3;/q;;+1/p-1/b5-3+,6-4+;;/t21-,25?,27?,31?,34?,35-;;/m1../s1. The van der Waals surface area contributed by atoms with E-state index in [1.54, 1.807) is 56.5 Å². The number of allylic oxidation sites excluding steroid dienone is 2. The van der Waals surface area contributed by atoms with E-state index in [-0.39, 0.29) is 105 Å². The Morgan fingerprint density at radius 1 is 0.897 bits per heavy atom. The maximum atomic E-state index is 15.7. The van der Waals surface area contributed by atoms with Crippen LogP contribution in [0.15, 0.2) is 104 Å². The Bertz CT molecular complexity index is 2900. The van der Waals surface area contributed by atoms with Gasteiger partial charge in [-0.1, -0.05) is 49.1 Å². The number of thioether (sulfide) groups is 1. The van der Waals surface area contributed by atoms with Crippen LogP contribution in [0.2, 0.25) is 0 Å². The van der Waals surface area contributed by atoms with E-state index in [4.69, 9.17) is 43.2 Å². The number of carboxylic acid groups (broad SMARTS) is 1. The first-order valence-electron chi connectivity index (χ1n) is 23.8. The number of carbonyl (C=O) groups excluding carboxylic acids is 6. The third kappa shape index (κ3) is 15.5. The second kappa shape index (κ2) is 28.2. The van der Waals surface area contributed by atoms with Crippen molar-refractivity contribution in [1.82, 2.24) is 14.8 Å². The van der Waals surface area contributed by atoms with E-state index >= 15 is 4.39 Å². The van der Waals surface area contributed by atoms with E-state index in [0.717, 1.165) is 30.7 Å². The van der Waals surface area contributed by atoms with Crippen LogP contribution in [-0.4, -0.2) is 108 Å². The number of rotatable bonds is 23. The molecular weight excluding hydrogens is 1060 g/mol. The summed E-state index contributed by atoms with van der Waals surface area (Å²) >= 11 is 1.20. The minimum Gasteiger partial charge on any atom is -0.549 e. The number of hydrogen-bond donors (Lipinski definition) is 0. The maximum absolute atomic E-state index is 15.7. The second-order valence-electron chi connectivity index (χ2n) is 18.0. The SMILES string of the molecule is C=CCOC(=O)C1(C(=O)OCc2ccc(OC)cc2)CC1COC(C)=O.CC(=O)OCC1CC1(C(=O)[O-])C(=O)O[C@@](Cn1cncn1)(c1ccc(F)cc1F)[C@@H](C)SC1COC(/C=C/C=C/c2ccc(C#N)cc2F)OC1.[Na+]. The molecule has 19 nitrogen and oxygen atoms in total. The van der Waals surface area contributed by atoms with Crippen molar-refractivity contribution in [3.05, 3.63) is 144 Å². The predicted octanol–water partition coefficient (Wildman–Crippen LogP) is 2.50. The van der Waals surface area contributed by atoms with Crippen LogP contribution in [0.5, 0.6) is 5.75 Å². The molecule has 1 aromatic heterocycles. The van der Waals surface area contributed by atoms with Crippen molar-refractivity contribution in [2.24, 2.45) is 22.7 Å². The molecule has 0 N–H and O–H groups in total. The fraction of sp³-hybridized carbons (Fsp3) is 0.389. The molecule has 3 aliphatic rings. The molecule has 1 saturated heterocycles. The van der Waals surface area contributed by atoms with Crippen LogP contribution >= 0.6 is 11.8 Å². The summed E-state index contributed by atoms with van der Waals surface area (Å²) in [6, 6.07) is 15.7. The molecule has 2 saturated carbocycles. The van der Waals surface area contributed by atoms with Gasteiger partial charge in [-0.25, -0.2) is 22.8 Å². The van der Waals surface area contributed by atoms with Crippen molar-refractivity contribution in [3.8, 4) is 11.8 Å². The number of carboxylic acids is 1. The van der Waals surface area contributed by atoms with Gasteiger partial charge < -0.3 is 47.8 Å². The number of carbonyl (C=O) groups is 6. The van der Waals surface area contributed by atoms with Crippen molar-refractivity contribution in [2.75, 3.05) is 40.1 Å². The molecule has 408 valence electrons. The van der Waals surface area contributed by atoms with Gasteiger partial charge in [0.2, 0.25) is 0 Å². The molecule has 0 amide bonds. The minimum absolute atomic E-state index is 0. The molecule has 0 spiro atoms. The Morgan fingerprint density at radius 2 is 1.55 bits per heavy atom. The zero-order chi connectivity index (χ0) is 55.9. The van der Waals surface area contributed by atoms with Gasteiger partial charge in [0.05, 0.1) is 62.9 Å². The van der Waals surface area contributed by atoms with Crippen LogP contribution in [0.1, 0.15) is 55.9 Å². The first kappa shape index (κ1) is 62.0. The predicted molar refractivity (Wildman–Crippen MR) is 263 cm³/mol. The van der Waals surface area contributed by atoms with Crippen LogP contribution in [-0.2, 0) is 80.7 Å². The van der Waals surface area contributed by atoms with Crippen LogP contribution in [0.4, 0.5) is 13.2 Å². The molecule has 2 heterocycles. The summed E-state index contributed by atoms with van der Waals surface area (Å²) in [6.07, 6.45) is 9.45. The number of methoxy groups -OCH3 is 1. The number of halogens is 3. The van der Waals surface area contributed by atoms with Crippen molar-refractivity contribution >= 4 is 53.7 Å². The number of hydrogen-bond acceptors (Lipinski definition) is 19. The Morgan fingerprint density at radius 3 is 2.13 bits per heavy atom. The molecule has 4 aromatic rings. The molecule has 1 aliphatic heterocycles. The number of esters is 5. The molecular formula is C54H54F3N4NaO15S. The summed E-state index contributed by atoms with van der Waals surface area (Å²) < 4.78 is 88.4. The van der Waals surface area contributed by atoms with Crippen molar-refractivity contribution < 1.29 is 114 Å². The van der Waals surface area contributed by atoms with Crippen LogP contribution in [0, 0.1) is 51.4 Å². The average molecular weight is 1110 g/mol. The van der Waals surface area contributed by atoms with Gasteiger partial charge in [-0.2, -0.15) is 10.4 Å². The quantitative estimate of drug-likeness (QED) is 0.0258. The van der Waals surface area contributed by atoms with E-state index in [1.165, 1.54) is 60.3 Å². The van der Waals surface area contributed by atoms with Crippen molar-refractivity contribution in [3.63, 3.8) is 0 Å². The summed E-state index contributed by atoms with van der Waals surface area (Å²) in [5, 5.41) is 24.1. The normalized spacial score (nSPS) is 22.1. The van der Waals surface area contributed by atoms with Crippen molar-refractivity contribution in [2.45, 2.75) is 69.2 Å². The van der Waals surface area contributed by atoms with E-state index in [1.807, 2.05) is 6.07 Å². The largest absolute Gasteiger partial charge is 1.00 e. The van der Waals surface area contributed by atoms with Gasteiger partial charge in [-0.3, -0.25) is 24.0 Å². The average Bonchev–Trinajstić information content (AvgIpc) is 4.29. The van der Waals surface area contributed by atoms with Gasteiger partial charge in [0.15, 0.2) is 17.3 Å². The number of benzene rings is 3. The third-order valence-electron chi connectivity index (χ3n) is 12.8. The number of nitrogens with zero attached hydrogens (tertiary/aromatic N) is 4. The van der Waals surface area contributed by atoms with Gasteiger partial charge in [-0.05, 0) is 67.8 Å². The summed E-state index contributed by atoms with van der Waals surface area (Å²) in [5.74, 6) is -8.71. The number of aromatic nitrogens is 3. The molecule has 6 atom stereocenters. The molecule has 3 aromatic carbocycles. The first-order chi connectivity index (χ1) is 36.8. The van der Waals surface area contributed by atoms with E-state index in [9.17, 15) is 42.7 Å². The van der Waals surface area contributed by atoms with Gasteiger partial charge in [0.25, 0.3) is 0 Å². The Balaban J connectivity index is 0.000000349. The molecule has 7 rings (SSSR count). The molecule has 0 radical (unpaired) electrons. The molecule has 4 unspecified atom stereocenters. The Hall–Kier alpha value is -6.81. The third-order valence-corrected chi connectivity index (χ3v) is 14.2. The number of aliphatic carboxylic acids is 1. The van der Waals surface area contributed by atoms with Crippen LogP contribution in [0.25, 0.3) is 6.08 Å². The van der Waals surface area contributed by atoms with E-state index in [0.29, 0.717) is 11.8 Å². The van der Waals surface area contributed by atoms with Gasteiger partial charge in [-0.15, -0.1) is 11.8 Å². The monoisotopic (exact) mass is 1110 g/mol. The number of nitriles is 1. The molecule has 78 heavy (non-hydrogen) atoms. The summed E-state index contributed by atoms with van der Waals surface area (Å²) in [6.45, 7) is 7.02. The Kier molecular flexibility index (Phi) is 22.4. The molecule has 2 aliphatic carbocycles. The minimum atomic E-state index is -2.18. The van der Waals surface area contributed by atoms with Crippen LogP contribution in [0.3, 0.4) is 0 Å². The van der Waals surface area contributed by atoms with Gasteiger partial charge in [0.1, 0.15) is 54.5 Å². The van der Waals surface area contributed by atoms with Crippen molar-refractivity contribution in [1.29, 1.82) is 5.26 Å². The fourth-order valence-electron chi connectivity index (χ4n) is 8.31. The topological polar surface area (TPSA) is 254 Å². The molecule has 3 fully saturated rings. The summed E-state index contributed by atoms with van der Waals surface area (Å²) in [5.41, 5.74) is -4.60. The van der Waals surface area contributed by atoms with Gasteiger partial charge >= 0.3 is 59.4 Å². The summed E-state index contributed by atoms with van der Waals surface area (Å²) in [4.78, 5) is 77.5. The molecule has 0 bridgehead atoms. The number of ether oxygens (including phenoxy) is 8. The Labute approximate surface area is 473 Å². The maximum Gasteiger partial charge on any atom is 1.00 e. The van der Waals surface area contributed by atoms with Crippen LogP contribution < -0.4 is 39.4 Å². The summed E-state index contributed by atoms with van der Waals surface area (Å²) in [7, 11) is 1.56. The fourth-order valence-corrected chi connectivity index (χ4v) is 9.67. The van der Waals surface area contributed by atoms with E-state index in [2.05, 4.69) is 16.7 Å². The zero-order valence-corrected chi connectivity index (χ0v) is 46.0. The second-order valence-corrected chi connectivity index (χ2v) is 19.6. The smallest absolute Gasteiger partial charge is 0.549 e.